The standard InChI is InChI=1S/C16H13BrFN5O2/c17-13-14(18)11-7-20-16(21-9-4-6-25-8-12(9)24)22-23(11)15(13)10-3-1-2-5-19-10/h1-3,5,7,9H,4,6,8H2,(H,21,22)/t9-/m1/s1. The average Bonchev–Trinajstić information content (AvgIpc) is 2.88. The maximum atomic E-state index is 14.5. The van der Waals surface area contributed by atoms with E-state index in [0.29, 0.717) is 24.4 Å². The monoisotopic (exact) mass is 405 g/mol. The van der Waals surface area contributed by atoms with Crippen LogP contribution in [0.3, 0.4) is 0 Å². The number of carbonyl (C=O) groups excluding carboxylic acids is 1. The van der Waals surface area contributed by atoms with Crippen LogP contribution in [0.5, 0.6) is 0 Å². The smallest absolute Gasteiger partial charge is 0.241 e. The lowest BCUT2D eigenvalue weighted by Gasteiger charge is -2.21. The molecule has 3 aromatic heterocycles. The third-order valence-corrected chi connectivity index (χ3v) is 4.69. The molecule has 0 spiro atoms. The van der Waals surface area contributed by atoms with E-state index in [9.17, 15) is 9.18 Å². The van der Waals surface area contributed by atoms with Crippen LogP contribution in [-0.2, 0) is 9.53 Å². The molecule has 25 heavy (non-hydrogen) atoms. The van der Waals surface area contributed by atoms with Crippen LogP contribution in [0.25, 0.3) is 16.9 Å². The molecule has 7 nitrogen and oxygen atoms in total. The number of carbonyl (C=O) groups is 1. The summed E-state index contributed by atoms with van der Waals surface area (Å²) < 4.78 is 21.3. The maximum Gasteiger partial charge on any atom is 0.241 e. The Balaban J connectivity index is 1.78. The number of Topliss-reactive ketones (excluding diaryl/α,β-unsaturated/α-hetero) is 1. The van der Waals surface area contributed by atoms with E-state index in [1.165, 1.54) is 10.7 Å². The predicted molar refractivity (Wildman–Crippen MR) is 91.7 cm³/mol. The first-order valence-electron chi connectivity index (χ1n) is 7.66. The van der Waals surface area contributed by atoms with E-state index in [2.05, 4.69) is 36.3 Å². The summed E-state index contributed by atoms with van der Waals surface area (Å²) in [6, 6.07) is 4.95. The zero-order valence-corrected chi connectivity index (χ0v) is 14.5. The van der Waals surface area contributed by atoms with Gasteiger partial charge in [-0.2, -0.15) is 0 Å². The highest BCUT2D eigenvalue weighted by molar-refractivity contribution is 9.10. The number of ether oxygens (including phenoxy) is 1. The molecule has 3 aromatic rings. The van der Waals surface area contributed by atoms with Gasteiger partial charge in [-0.25, -0.2) is 13.9 Å². The summed E-state index contributed by atoms with van der Waals surface area (Å²) >= 11 is 3.27. The molecule has 1 aliphatic heterocycles. The molecule has 128 valence electrons. The highest BCUT2D eigenvalue weighted by Crippen LogP contribution is 2.33. The number of halogens is 2. The molecule has 0 aromatic carbocycles. The van der Waals surface area contributed by atoms with E-state index >= 15 is 0 Å². The molecule has 0 saturated carbocycles. The second-order valence-corrected chi connectivity index (χ2v) is 6.37. The molecule has 1 N–H and O–H groups in total. The van der Waals surface area contributed by atoms with Crippen molar-refractivity contribution in [2.75, 3.05) is 18.5 Å². The molecule has 0 radical (unpaired) electrons. The molecule has 9 heteroatoms. The lowest BCUT2D eigenvalue weighted by Crippen LogP contribution is -2.38. The molecule has 1 aliphatic rings. The van der Waals surface area contributed by atoms with Crippen molar-refractivity contribution in [3.05, 3.63) is 40.9 Å². The van der Waals surface area contributed by atoms with Gasteiger partial charge in [0.15, 0.2) is 11.6 Å². The molecule has 1 atom stereocenters. The minimum atomic E-state index is -0.464. The number of hydrogen-bond donors (Lipinski definition) is 1. The number of pyridine rings is 1. The number of aromatic nitrogens is 4. The van der Waals surface area contributed by atoms with Crippen molar-refractivity contribution in [1.29, 1.82) is 0 Å². The van der Waals surface area contributed by atoms with Gasteiger partial charge in [0, 0.05) is 12.8 Å². The van der Waals surface area contributed by atoms with Gasteiger partial charge in [-0.05, 0) is 34.5 Å². The Morgan fingerprint density at radius 3 is 3.00 bits per heavy atom. The van der Waals surface area contributed by atoms with Crippen molar-refractivity contribution in [1.82, 2.24) is 19.6 Å². The number of nitrogens with zero attached hydrogens (tertiary/aromatic N) is 4. The third-order valence-electron chi connectivity index (χ3n) is 3.96. The average molecular weight is 406 g/mol. The summed E-state index contributed by atoms with van der Waals surface area (Å²) in [4.78, 5) is 20.3. The van der Waals surface area contributed by atoms with Crippen LogP contribution in [0.2, 0.25) is 0 Å². The van der Waals surface area contributed by atoms with E-state index in [1.54, 1.807) is 18.3 Å². The van der Waals surface area contributed by atoms with Crippen LogP contribution in [0, 0.1) is 5.82 Å². The molecule has 0 bridgehead atoms. The quantitative estimate of drug-likeness (QED) is 0.720. The summed E-state index contributed by atoms with van der Waals surface area (Å²) in [5.41, 5.74) is 1.27. The van der Waals surface area contributed by atoms with Crippen molar-refractivity contribution in [3.8, 4) is 11.4 Å². The molecule has 4 heterocycles. The van der Waals surface area contributed by atoms with Gasteiger partial charge in [-0.1, -0.05) is 6.07 Å². The normalized spacial score (nSPS) is 17.8. The molecule has 4 rings (SSSR count). The van der Waals surface area contributed by atoms with Gasteiger partial charge < -0.3 is 10.1 Å². The van der Waals surface area contributed by atoms with Crippen molar-refractivity contribution >= 4 is 33.2 Å². The largest absolute Gasteiger partial charge is 0.374 e. The third kappa shape index (κ3) is 2.89. The first-order chi connectivity index (χ1) is 12.1. The second kappa shape index (κ2) is 6.49. The SMILES string of the molecule is O=C1COCC[C@H]1Nc1ncc2c(F)c(Br)c(-c3ccccn3)n2n1. The van der Waals surface area contributed by atoms with E-state index in [1.807, 2.05) is 6.07 Å². The molecule has 0 aliphatic carbocycles. The Kier molecular flexibility index (Phi) is 4.18. The summed E-state index contributed by atoms with van der Waals surface area (Å²) in [5.74, 6) is -0.276. The van der Waals surface area contributed by atoms with Crippen LogP contribution < -0.4 is 5.32 Å². The van der Waals surface area contributed by atoms with Gasteiger partial charge in [0.2, 0.25) is 5.95 Å². The lowest BCUT2D eigenvalue weighted by atomic mass is 10.1. The van der Waals surface area contributed by atoms with E-state index in [4.69, 9.17) is 4.74 Å². The van der Waals surface area contributed by atoms with Crippen LogP contribution in [-0.4, -0.2) is 44.6 Å². The van der Waals surface area contributed by atoms with Gasteiger partial charge in [0.05, 0.1) is 22.4 Å². The van der Waals surface area contributed by atoms with Gasteiger partial charge in [0.25, 0.3) is 0 Å². The van der Waals surface area contributed by atoms with Gasteiger partial charge in [-0.3, -0.25) is 9.78 Å². The molecule has 1 fully saturated rings. The molecule has 1 saturated heterocycles. The Morgan fingerprint density at radius 2 is 2.24 bits per heavy atom. The fourth-order valence-electron chi connectivity index (χ4n) is 2.71. The Labute approximate surface area is 150 Å². The van der Waals surface area contributed by atoms with E-state index < -0.39 is 11.9 Å². The van der Waals surface area contributed by atoms with Crippen LogP contribution in [0.1, 0.15) is 6.42 Å². The highest BCUT2D eigenvalue weighted by atomic mass is 79.9. The second-order valence-electron chi connectivity index (χ2n) is 5.57. The van der Waals surface area contributed by atoms with Crippen LogP contribution in [0.15, 0.2) is 35.1 Å². The van der Waals surface area contributed by atoms with Crippen molar-refractivity contribution in [3.63, 3.8) is 0 Å². The molecular weight excluding hydrogens is 393 g/mol. The van der Waals surface area contributed by atoms with E-state index in [0.717, 1.165) is 0 Å². The van der Waals surface area contributed by atoms with Gasteiger partial charge >= 0.3 is 0 Å². The van der Waals surface area contributed by atoms with Gasteiger partial charge in [0.1, 0.15) is 17.8 Å². The zero-order chi connectivity index (χ0) is 17.4. The fraction of sp³-hybridized carbons (Fsp3) is 0.250. The minimum absolute atomic E-state index is 0.0558. The summed E-state index contributed by atoms with van der Waals surface area (Å²) in [7, 11) is 0. The van der Waals surface area contributed by atoms with Crippen molar-refractivity contribution in [2.45, 2.75) is 12.5 Å². The predicted octanol–water partition coefficient (Wildman–Crippen LogP) is 2.46. The van der Waals surface area contributed by atoms with E-state index in [-0.39, 0.29) is 28.3 Å². The number of rotatable bonds is 3. The van der Waals surface area contributed by atoms with Crippen LogP contribution >= 0.6 is 15.9 Å². The van der Waals surface area contributed by atoms with Crippen molar-refractivity contribution < 1.29 is 13.9 Å². The number of anilines is 1. The number of hydrogen-bond acceptors (Lipinski definition) is 6. The lowest BCUT2D eigenvalue weighted by molar-refractivity contribution is -0.128. The summed E-state index contributed by atoms with van der Waals surface area (Å²) in [6.07, 6.45) is 3.54. The summed E-state index contributed by atoms with van der Waals surface area (Å²) in [5, 5.41) is 7.35. The minimum Gasteiger partial charge on any atom is -0.374 e. The highest BCUT2D eigenvalue weighted by Gasteiger charge is 2.25. The fourth-order valence-corrected chi connectivity index (χ4v) is 3.29. The molecular formula is C16H13BrFN5O2. The molecule has 0 unspecified atom stereocenters. The molecule has 0 amide bonds. The first-order valence-corrected chi connectivity index (χ1v) is 8.45. The topological polar surface area (TPSA) is 81.4 Å². The zero-order valence-electron chi connectivity index (χ0n) is 12.9. The Bertz CT molecular complexity index is 947. The number of nitrogens with one attached hydrogen (secondary N) is 1. The maximum absolute atomic E-state index is 14.5. The number of ketones is 1. The Hall–Kier alpha value is -2.39. The Morgan fingerprint density at radius 1 is 1.36 bits per heavy atom. The summed E-state index contributed by atoms with van der Waals surface area (Å²) in [6.45, 7) is 0.567. The van der Waals surface area contributed by atoms with Crippen LogP contribution in [0.4, 0.5) is 10.3 Å². The van der Waals surface area contributed by atoms with Crippen molar-refractivity contribution in [2.24, 2.45) is 0 Å². The van der Waals surface area contributed by atoms with Gasteiger partial charge in [-0.15, -0.1) is 5.10 Å². The number of fused-ring (bicyclic) bond motifs is 1. The first kappa shape index (κ1) is 16.1.